The maximum atomic E-state index is 13.3. The zero-order chi connectivity index (χ0) is 20.4. The van der Waals surface area contributed by atoms with Gasteiger partial charge in [0.2, 0.25) is 0 Å². The van der Waals surface area contributed by atoms with Gasteiger partial charge in [-0.15, -0.1) is 16.8 Å². The van der Waals surface area contributed by atoms with Crippen LogP contribution < -0.4 is 0 Å². The van der Waals surface area contributed by atoms with Gasteiger partial charge in [0.1, 0.15) is 0 Å². The van der Waals surface area contributed by atoms with E-state index in [0.29, 0.717) is 11.7 Å². The molecule has 4 rings (SSSR count). The van der Waals surface area contributed by atoms with Crippen molar-refractivity contribution in [3.63, 3.8) is 0 Å². The van der Waals surface area contributed by atoms with Crippen LogP contribution in [0.25, 0.3) is 22.3 Å². The number of pyridine rings is 1. The van der Waals surface area contributed by atoms with Crippen LogP contribution in [0.1, 0.15) is 23.0 Å². The van der Waals surface area contributed by atoms with Crippen LogP contribution in [-0.2, 0) is 6.54 Å². The predicted molar refractivity (Wildman–Crippen MR) is 116 cm³/mol. The van der Waals surface area contributed by atoms with Crippen LogP contribution in [0.2, 0.25) is 0 Å². The number of nitrogens with zero attached hydrogens (tertiary/aromatic N) is 4. The molecule has 0 amide bonds. The van der Waals surface area contributed by atoms with Gasteiger partial charge in [0.15, 0.2) is 16.8 Å². The monoisotopic (exact) mass is 403 g/mol. The molecule has 3 aromatic heterocycles. The van der Waals surface area contributed by atoms with E-state index in [0.717, 1.165) is 33.5 Å². The van der Waals surface area contributed by atoms with E-state index in [2.05, 4.69) is 26.7 Å². The van der Waals surface area contributed by atoms with Crippen molar-refractivity contribution in [3.05, 3.63) is 72.7 Å². The first-order valence-electron chi connectivity index (χ1n) is 9.32. The first-order valence-corrected chi connectivity index (χ1v) is 10.2. The fraction of sp³-hybridized carbons (Fsp3) is 0.182. The summed E-state index contributed by atoms with van der Waals surface area (Å²) in [6, 6.07) is 11.7. The van der Waals surface area contributed by atoms with Gasteiger partial charge in [0, 0.05) is 46.7 Å². The molecule has 1 atom stereocenters. The fourth-order valence-electron chi connectivity index (χ4n) is 3.39. The molecular weight excluding hydrogens is 382 g/mol. The minimum absolute atomic E-state index is 0.0727. The van der Waals surface area contributed by atoms with Crippen molar-refractivity contribution in [2.45, 2.75) is 30.8 Å². The molecular formula is C22H21N5OS. The Morgan fingerprint density at radius 3 is 2.76 bits per heavy atom. The summed E-state index contributed by atoms with van der Waals surface area (Å²) >= 11 is 1.41. The molecule has 0 saturated carbocycles. The summed E-state index contributed by atoms with van der Waals surface area (Å²) in [5.74, 6) is 0.807. The molecule has 1 N–H and O–H groups in total. The van der Waals surface area contributed by atoms with E-state index in [4.69, 9.17) is 0 Å². The highest BCUT2D eigenvalue weighted by molar-refractivity contribution is 8.00. The van der Waals surface area contributed by atoms with E-state index >= 15 is 0 Å². The third-order valence-corrected chi connectivity index (χ3v) is 5.84. The first-order chi connectivity index (χ1) is 14.1. The highest BCUT2D eigenvalue weighted by atomic mass is 32.2. The molecule has 0 aliphatic heterocycles. The number of aryl methyl sites for hydroxylation is 1. The fourth-order valence-corrected chi connectivity index (χ4v) is 4.31. The summed E-state index contributed by atoms with van der Waals surface area (Å²) in [6.07, 6.45) is 5.25. The van der Waals surface area contributed by atoms with Crippen LogP contribution in [0.4, 0.5) is 0 Å². The van der Waals surface area contributed by atoms with Crippen LogP contribution >= 0.6 is 11.8 Å². The second-order valence-electron chi connectivity index (χ2n) is 6.74. The van der Waals surface area contributed by atoms with Gasteiger partial charge in [-0.3, -0.25) is 14.3 Å². The van der Waals surface area contributed by atoms with Crippen molar-refractivity contribution in [1.82, 2.24) is 24.7 Å². The number of para-hydroxylation sites is 1. The van der Waals surface area contributed by atoms with Crippen molar-refractivity contribution in [1.29, 1.82) is 0 Å². The second kappa shape index (κ2) is 8.05. The van der Waals surface area contributed by atoms with Crippen molar-refractivity contribution in [2.75, 3.05) is 0 Å². The maximum Gasteiger partial charge on any atom is 0.192 e. The van der Waals surface area contributed by atoms with Gasteiger partial charge < -0.3 is 4.98 Å². The van der Waals surface area contributed by atoms with Gasteiger partial charge in [-0.1, -0.05) is 36.0 Å². The SMILES string of the molecule is C=CCn1c(SC(C)C(=O)c2c(C)[nH]c3ccccc23)nnc1-c1ccncc1. The van der Waals surface area contributed by atoms with E-state index in [9.17, 15) is 4.79 Å². The summed E-state index contributed by atoms with van der Waals surface area (Å²) in [4.78, 5) is 20.6. The van der Waals surface area contributed by atoms with Gasteiger partial charge in [-0.25, -0.2) is 0 Å². The number of carbonyl (C=O) groups is 1. The van der Waals surface area contributed by atoms with Crippen LogP contribution in [0.3, 0.4) is 0 Å². The van der Waals surface area contributed by atoms with Gasteiger partial charge in [-0.05, 0) is 32.0 Å². The quantitative estimate of drug-likeness (QED) is 0.275. The lowest BCUT2D eigenvalue weighted by Crippen LogP contribution is -2.15. The Labute approximate surface area is 173 Å². The van der Waals surface area contributed by atoms with E-state index < -0.39 is 0 Å². The Balaban J connectivity index is 1.65. The highest BCUT2D eigenvalue weighted by Crippen LogP contribution is 2.31. The summed E-state index contributed by atoms with van der Waals surface area (Å²) in [6.45, 7) is 8.25. The molecule has 6 nitrogen and oxygen atoms in total. The smallest absolute Gasteiger partial charge is 0.192 e. The number of hydrogen-bond donors (Lipinski definition) is 1. The Morgan fingerprint density at radius 2 is 2.00 bits per heavy atom. The van der Waals surface area contributed by atoms with Gasteiger partial charge >= 0.3 is 0 Å². The molecule has 1 aromatic carbocycles. The Kier molecular flexibility index (Phi) is 5.31. The Hall–Kier alpha value is -3.19. The van der Waals surface area contributed by atoms with E-state index in [1.165, 1.54) is 11.8 Å². The average Bonchev–Trinajstić information content (AvgIpc) is 3.28. The largest absolute Gasteiger partial charge is 0.358 e. The number of rotatable bonds is 7. The number of Topliss-reactive ketones (excluding diaryl/α,β-unsaturated/α-hetero) is 1. The van der Waals surface area contributed by atoms with Crippen LogP contribution in [0.5, 0.6) is 0 Å². The highest BCUT2D eigenvalue weighted by Gasteiger charge is 2.25. The number of fused-ring (bicyclic) bond motifs is 1. The molecule has 1 unspecified atom stereocenters. The first kappa shape index (κ1) is 19.1. The molecule has 0 saturated heterocycles. The average molecular weight is 404 g/mol. The van der Waals surface area contributed by atoms with E-state index in [1.54, 1.807) is 18.5 Å². The van der Waals surface area contributed by atoms with Crippen LogP contribution in [0.15, 0.2) is 66.6 Å². The third kappa shape index (κ3) is 3.61. The number of aromatic amines is 1. The third-order valence-electron chi connectivity index (χ3n) is 4.76. The Bertz CT molecular complexity index is 1180. The number of nitrogens with one attached hydrogen (secondary N) is 1. The minimum atomic E-state index is -0.314. The maximum absolute atomic E-state index is 13.3. The molecule has 4 aromatic rings. The summed E-state index contributed by atoms with van der Waals surface area (Å²) in [5.41, 5.74) is 3.52. The molecule has 0 fully saturated rings. The normalized spacial score (nSPS) is 12.2. The number of H-pyrrole nitrogens is 1. The number of thioether (sulfide) groups is 1. The molecule has 3 heterocycles. The van der Waals surface area contributed by atoms with Crippen LogP contribution in [0, 0.1) is 6.92 Å². The van der Waals surface area contributed by atoms with Crippen molar-refractivity contribution >= 4 is 28.4 Å². The molecule has 0 radical (unpaired) electrons. The lowest BCUT2D eigenvalue weighted by Gasteiger charge is -2.12. The predicted octanol–water partition coefficient (Wildman–Crippen LogP) is 4.68. The molecule has 0 aliphatic carbocycles. The number of benzene rings is 1. The van der Waals surface area contributed by atoms with Gasteiger partial charge in [0.05, 0.1) is 5.25 Å². The number of carbonyl (C=O) groups excluding carboxylic acids is 1. The molecule has 0 bridgehead atoms. The number of aromatic nitrogens is 5. The minimum Gasteiger partial charge on any atom is -0.358 e. The molecule has 7 heteroatoms. The number of hydrogen-bond acceptors (Lipinski definition) is 5. The lowest BCUT2D eigenvalue weighted by molar-refractivity contribution is 0.0995. The van der Waals surface area contributed by atoms with E-state index in [-0.39, 0.29) is 11.0 Å². The lowest BCUT2D eigenvalue weighted by atomic mass is 10.1. The molecule has 146 valence electrons. The van der Waals surface area contributed by atoms with Gasteiger partial charge in [0.25, 0.3) is 0 Å². The van der Waals surface area contributed by atoms with Crippen molar-refractivity contribution in [3.8, 4) is 11.4 Å². The standard InChI is InChI=1S/C22H21N5OS/c1-4-13-27-21(16-9-11-23-12-10-16)25-26-22(27)29-15(3)20(28)19-14(2)24-18-8-6-5-7-17(18)19/h4-12,15,24H,1,13H2,2-3H3. The molecule has 0 aliphatic rings. The van der Waals surface area contributed by atoms with E-state index in [1.807, 2.05) is 54.8 Å². The van der Waals surface area contributed by atoms with Crippen molar-refractivity contribution < 1.29 is 4.79 Å². The Morgan fingerprint density at radius 1 is 1.24 bits per heavy atom. The van der Waals surface area contributed by atoms with Gasteiger partial charge in [-0.2, -0.15) is 0 Å². The topological polar surface area (TPSA) is 76.5 Å². The summed E-state index contributed by atoms with van der Waals surface area (Å²) in [7, 11) is 0. The van der Waals surface area contributed by atoms with Crippen LogP contribution in [-0.4, -0.2) is 35.8 Å². The molecule has 0 spiro atoms. The molecule has 29 heavy (non-hydrogen) atoms. The zero-order valence-corrected chi connectivity index (χ0v) is 17.1. The van der Waals surface area contributed by atoms with Crippen molar-refractivity contribution in [2.24, 2.45) is 0 Å². The summed E-state index contributed by atoms with van der Waals surface area (Å²) in [5, 5.41) is 10.0. The summed E-state index contributed by atoms with van der Waals surface area (Å²) < 4.78 is 1.97. The zero-order valence-electron chi connectivity index (χ0n) is 16.3. The number of allylic oxidation sites excluding steroid dienone is 1. The second-order valence-corrected chi connectivity index (χ2v) is 8.04. The number of ketones is 1.